The molecule has 0 saturated heterocycles. The molecule has 0 bridgehead atoms. The Hall–Kier alpha value is -2.16. The molecule has 1 unspecified atom stereocenters. The van der Waals surface area contributed by atoms with Gasteiger partial charge in [0.25, 0.3) is 0 Å². The standard InChI is InChI=1S/C17H17NO2/c1-20-15-10-5-11-18-16(15)17(19)14-9-4-7-12-6-2-3-8-13(12)14/h2-3,5-6,8,10-11,14H,4,7,9H2,1H3. The number of rotatable bonds is 3. The zero-order valence-electron chi connectivity index (χ0n) is 11.5. The number of ether oxygens (including phenoxy) is 1. The van der Waals surface area contributed by atoms with Crippen molar-refractivity contribution >= 4 is 5.78 Å². The Labute approximate surface area is 118 Å². The number of aromatic nitrogens is 1. The normalized spacial score (nSPS) is 17.4. The van der Waals surface area contributed by atoms with Gasteiger partial charge in [-0.1, -0.05) is 24.3 Å². The third-order valence-electron chi connectivity index (χ3n) is 3.91. The van der Waals surface area contributed by atoms with Crippen molar-refractivity contribution in [2.45, 2.75) is 25.2 Å². The van der Waals surface area contributed by atoms with Crippen molar-refractivity contribution in [3.63, 3.8) is 0 Å². The summed E-state index contributed by atoms with van der Waals surface area (Å²) in [5.41, 5.74) is 2.88. The number of ketones is 1. The van der Waals surface area contributed by atoms with E-state index in [1.54, 1.807) is 25.4 Å². The smallest absolute Gasteiger partial charge is 0.192 e. The molecule has 1 heterocycles. The van der Waals surface area contributed by atoms with Gasteiger partial charge in [-0.25, -0.2) is 4.98 Å². The average Bonchev–Trinajstić information content (AvgIpc) is 2.53. The fraction of sp³-hybridized carbons (Fsp3) is 0.294. The Balaban J connectivity index is 2.00. The number of nitrogens with zero attached hydrogens (tertiary/aromatic N) is 1. The molecule has 102 valence electrons. The molecule has 3 heteroatoms. The minimum absolute atomic E-state index is 0.0644. The molecule has 0 amide bonds. The molecule has 2 aromatic rings. The first-order valence-corrected chi connectivity index (χ1v) is 6.92. The van der Waals surface area contributed by atoms with E-state index in [1.807, 2.05) is 12.1 Å². The number of aryl methyl sites for hydroxylation is 1. The molecule has 3 rings (SSSR count). The third kappa shape index (κ3) is 2.20. The number of fused-ring (bicyclic) bond motifs is 1. The van der Waals surface area contributed by atoms with Gasteiger partial charge in [0.2, 0.25) is 0 Å². The van der Waals surface area contributed by atoms with Gasteiger partial charge in [-0.3, -0.25) is 4.79 Å². The second-order valence-electron chi connectivity index (χ2n) is 5.06. The summed E-state index contributed by atoms with van der Waals surface area (Å²) in [5.74, 6) is 0.527. The molecular weight excluding hydrogens is 250 g/mol. The van der Waals surface area contributed by atoms with Gasteiger partial charge in [-0.2, -0.15) is 0 Å². The summed E-state index contributed by atoms with van der Waals surface area (Å²) in [6.45, 7) is 0. The van der Waals surface area contributed by atoms with Gasteiger partial charge in [0, 0.05) is 12.1 Å². The van der Waals surface area contributed by atoms with Crippen LogP contribution in [0.3, 0.4) is 0 Å². The molecule has 1 aromatic carbocycles. The van der Waals surface area contributed by atoms with Crippen LogP contribution in [0, 0.1) is 0 Å². The lowest BCUT2D eigenvalue weighted by Crippen LogP contribution is -2.20. The molecule has 0 fully saturated rings. The number of carbonyl (C=O) groups excluding carboxylic acids is 1. The van der Waals surface area contributed by atoms with Crippen molar-refractivity contribution in [3.8, 4) is 5.75 Å². The Bertz CT molecular complexity index is 636. The van der Waals surface area contributed by atoms with Crippen molar-refractivity contribution in [1.82, 2.24) is 4.98 Å². The van der Waals surface area contributed by atoms with Crippen LogP contribution in [0.15, 0.2) is 42.6 Å². The van der Waals surface area contributed by atoms with Crippen LogP contribution in [0.4, 0.5) is 0 Å². The Morgan fingerprint density at radius 3 is 2.95 bits per heavy atom. The topological polar surface area (TPSA) is 39.2 Å². The number of benzene rings is 1. The van der Waals surface area contributed by atoms with Crippen LogP contribution < -0.4 is 4.74 Å². The summed E-state index contributed by atoms with van der Waals surface area (Å²) in [4.78, 5) is 17.0. The Morgan fingerprint density at radius 1 is 1.25 bits per heavy atom. The molecule has 20 heavy (non-hydrogen) atoms. The van der Waals surface area contributed by atoms with Crippen LogP contribution in [-0.2, 0) is 6.42 Å². The van der Waals surface area contributed by atoms with Crippen LogP contribution in [0.2, 0.25) is 0 Å². The summed E-state index contributed by atoms with van der Waals surface area (Å²) >= 11 is 0. The number of hydrogen-bond acceptors (Lipinski definition) is 3. The second kappa shape index (κ2) is 5.45. The lowest BCUT2D eigenvalue weighted by molar-refractivity contribution is 0.0942. The monoisotopic (exact) mass is 267 g/mol. The van der Waals surface area contributed by atoms with Crippen molar-refractivity contribution in [1.29, 1.82) is 0 Å². The van der Waals surface area contributed by atoms with E-state index in [0.29, 0.717) is 11.4 Å². The van der Waals surface area contributed by atoms with Gasteiger partial charge < -0.3 is 4.74 Å². The average molecular weight is 267 g/mol. The van der Waals surface area contributed by atoms with E-state index in [0.717, 1.165) is 24.8 Å². The molecule has 0 aliphatic heterocycles. The summed E-state index contributed by atoms with van der Waals surface area (Å²) in [7, 11) is 1.57. The minimum Gasteiger partial charge on any atom is -0.494 e. The maximum absolute atomic E-state index is 12.8. The first-order valence-electron chi connectivity index (χ1n) is 6.92. The van der Waals surface area contributed by atoms with E-state index >= 15 is 0 Å². The molecule has 0 spiro atoms. The van der Waals surface area contributed by atoms with Crippen molar-refractivity contribution in [3.05, 3.63) is 59.4 Å². The first kappa shape index (κ1) is 12.9. The van der Waals surface area contributed by atoms with Gasteiger partial charge in [0.1, 0.15) is 11.4 Å². The molecule has 1 aromatic heterocycles. The van der Waals surface area contributed by atoms with Crippen LogP contribution in [0.1, 0.15) is 40.4 Å². The largest absolute Gasteiger partial charge is 0.494 e. The van der Waals surface area contributed by atoms with Gasteiger partial charge in [0.05, 0.1) is 7.11 Å². The van der Waals surface area contributed by atoms with Gasteiger partial charge >= 0.3 is 0 Å². The fourth-order valence-corrected chi connectivity index (χ4v) is 2.93. The molecule has 0 N–H and O–H groups in total. The number of hydrogen-bond donors (Lipinski definition) is 0. The van der Waals surface area contributed by atoms with Crippen LogP contribution >= 0.6 is 0 Å². The molecular formula is C17H17NO2. The molecule has 1 aliphatic rings. The van der Waals surface area contributed by atoms with Gasteiger partial charge in [-0.15, -0.1) is 0 Å². The Morgan fingerprint density at radius 2 is 2.10 bits per heavy atom. The summed E-state index contributed by atoms with van der Waals surface area (Å²) in [5, 5.41) is 0. The maximum atomic E-state index is 12.8. The van der Waals surface area contributed by atoms with E-state index in [2.05, 4.69) is 17.1 Å². The van der Waals surface area contributed by atoms with Crippen LogP contribution in [-0.4, -0.2) is 17.9 Å². The molecule has 3 nitrogen and oxygen atoms in total. The van der Waals surface area contributed by atoms with E-state index in [1.165, 1.54) is 5.56 Å². The summed E-state index contributed by atoms with van der Waals surface area (Å²) in [6.07, 6.45) is 4.63. The molecule has 1 atom stereocenters. The zero-order chi connectivity index (χ0) is 13.9. The van der Waals surface area contributed by atoms with E-state index in [4.69, 9.17) is 4.74 Å². The third-order valence-corrected chi connectivity index (χ3v) is 3.91. The van der Waals surface area contributed by atoms with Gasteiger partial charge in [0.15, 0.2) is 5.78 Å². The highest BCUT2D eigenvalue weighted by Crippen LogP contribution is 2.35. The van der Waals surface area contributed by atoms with Crippen molar-refractivity contribution in [2.75, 3.05) is 7.11 Å². The molecule has 0 saturated carbocycles. The zero-order valence-corrected chi connectivity index (χ0v) is 11.5. The predicted octanol–water partition coefficient (Wildman–Crippen LogP) is 3.39. The van der Waals surface area contributed by atoms with E-state index < -0.39 is 0 Å². The minimum atomic E-state index is -0.0938. The quantitative estimate of drug-likeness (QED) is 0.800. The molecule has 1 aliphatic carbocycles. The highest BCUT2D eigenvalue weighted by atomic mass is 16.5. The maximum Gasteiger partial charge on any atom is 0.192 e. The van der Waals surface area contributed by atoms with E-state index in [-0.39, 0.29) is 11.7 Å². The fourth-order valence-electron chi connectivity index (χ4n) is 2.93. The van der Waals surface area contributed by atoms with Crippen LogP contribution in [0.25, 0.3) is 0 Å². The second-order valence-corrected chi connectivity index (χ2v) is 5.06. The number of Topliss-reactive ketones (excluding diaryl/α,β-unsaturated/α-hetero) is 1. The van der Waals surface area contributed by atoms with Crippen LogP contribution in [0.5, 0.6) is 5.75 Å². The highest BCUT2D eigenvalue weighted by Gasteiger charge is 2.29. The number of pyridine rings is 1. The van der Waals surface area contributed by atoms with Crippen molar-refractivity contribution < 1.29 is 9.53 Å². The Kier molecular flexibility index (Phi) is 3.50. The summed E-state index contributed by atoms with van der Waals surface area (Å²) in [6, 6.07) is 11.8. The summed E-state index contributed by atoms with van der Waals surface area (Å²) < 4.78 is 5.26. The SMILES string of the molecule is COc1cccnc1C(=O)C1CCCc2ccccc21. The number of methoxy groups -OCH3 is 1. The lowest BCUT2D eigenvalue weighted by atomic mass is 9.79. The number of carbonyl (C=O) groups is 1. The van der Waals surface area contributed by atoms with Crippen molar-refractivity contribution in [2.24, 2.45) is 0 Å². The molecule has 0 radical (unpaired) electrons. The lowest BCUT2D eigenvalue weighted by Gasteiger charge is -2.24. The predicted molar refractivity (Wildman–Crippen MR) is 77.2 cm³/mol. The van der Waals surface area contributed by atoms with Gasteiger partial charge in [-0.05, 0) is 42.5 Å². The first-order chi connectivity index (χ1) is 9.81. The van der Waals surface area contributed by atoms with E-state index in [9.17, 15) is 4.79 Å². The highest BCUT2D eigenvalue weighted by molar-refractivity contribution is 6.01.